The van der Waals surface area contributed by atoms with Crippen LogP contribution >= 0.6 is 11.6 Å². The maximum Gasteiger partial charge on any atom is 0.133 e. The van der Waals surface area contributed by atoms with E-state index in [-0.39, 0.29) is 10.6 Å². The Morgan fingerprint density at radius 3 is 2.83 bits per heavy atom. The number of hydrogen-bond donors (Lipinski definition) is 1. The summed E-state index contributed by atoms with van der Waals surface area (Å²) in [6.07, 6.45) is 0.977. The van der Waals surface area contributed by atoms with Gasteiger partial charge in [0.2, 0.25) is 0 Å². The molecule has 1 aromatic rings. The lowest BCUT2D eigenvalue weighted by atomic mass is 10.1. The van der Waals surface area contributed by atoms with Crippen LogP contribution in [0.15, 0.2) is 17.3 Å². The molecule has 0 spiro atoms. The highest BCUT2D eigenvalue weighted by Gasteiger charge is 2.06. The zero-order valence-electron chi connectivity index (χ0n) is 6.38. The second-order valence-corrected chi connectivity index (χ2v) is 2.71. The monoisotopic (exact) mass is 187 g/mol. The number of hydrogen-bond acceptors (Lipinski definition) is 2. The number of nitrogens with zero attached hydrogens (tertiary/aromatic N) is 1. The van der Waals surface area contributed by atoms with Gasteiger partial charge in [-0.1, -0.05) is 22.8 Å². The maximum absolute atomic E-state index is 12.9. The van der Waals surface area contributed by atoms with Crippen LogP contribution in [0.3, 0.4) is 0 Å². The molecule has 0 unspecified atom stereocenters. The molecular weight excluding hydrogens is 181 g/mol. The van der Waals surface area contributed by atoms with Gasteiger partial charge in [0.15, 0.2) is 0 Å². The third-order valence-electron chi connectivity index (χ3n) is 1.51. The first kappa shape index (κ1) is 9.00. The van der Waals surface area contributed by atoms with Crippen LogP contribution in [0.2, 0.25) is 5.02 Å². The zero-order valence-corrected chi connectivity index (χ0v) is 7.14. The number of aryl methyl sites for hydroxylation is 1. The van der Waals surface area contributed by atoms with Crippen molar-refractivity contribution in [1.29, 1.82) is 0 Å². The third kappa shape index (κ3) is 1.56. The van der Waals surface area contributed by atoms with E-state index in [1.54, 1.807) is 13.0 Å². The van der Waals surface area contributed by atoms with Crippen LogP contribution in [0.5, 0.6) is 0 Å². The van der Waals surface area contributed by atoms with Gasteiger partial charge in [-0.2, -0.15) is 0 Å². The quantitative estimate of drug-likeness (QED) is 0.409. The van der Waals surface area contributed by atoms with Crippen molar-refractivity contribution in [3.63, 3.8) is 0 Å². The van der Waals surface area contributed by atoms with E-state index < -0.39 is 5.82 Å². The van der Waals surface area contributed by atoms with E-state index in [0.29, 0.717) is 0 Å². The molecule has 64 valence electrons. The highest BCUT2D eigenvalue weighted by Crippen LogP contribution is 2.21. The van der Waals surface area contributed by atoms with Crippen LogP contribution in [-0.4, -0.2) is 11.4 Å². The van der Waals surface area contributed by atoms with E-state index in [1.165, 1.54) is 6.07 Å². The molecule has 1 rings (SSSR count). The third-order valence-corrected chi connectivity index (χ3v) is 2.01. The van der Waals surface area contributed by atoms with Crippen molar-refractivity contribution in [2.75, 3.05) is 0 Å². The van der Waals surface area contributed by atoms with Crippen molar-refractivity contribution < 1.29 is 9.60 Å². The molecule has 0 saturated heterocycles. The summed E-state index contributed by atoms with van der Waals surface area (Å²) in [4.78, 5) is 0. The fraction of sp³-hybridized carbons (Fsp3) is 0.125. The normalized spacial score (nSPS) is 10.9. The van der Waals surface area contributed by atoms with Gasteiger partial charge in [0, 0.05) is 0 Å². The predicted octanol–water partition coefficient (Wildman–Crippen LogP) is 2.60. The zero-order chi connectivity index (χ0) is 9.14. The van der Waals surface area contributed by atoms with Crippen LogP contribution in [0, 0.1) is 12.7 Å². The molecule has 0 bridgehead atoms. The van der Waals surface area contributed by atoms with E-state index in [0.717, 1.165) is 11.8 Å². The van der Waals surface area contributed by atoms with Crippen LogP contribution in [0.25, 0.3) is 0 Å². The fourth-order valence-electron chi connectivity index (χ4n) is 0.854. The average molecular weight is 188 g/mol. The first-order valence-corrected chi connectivity index (χ1v) is 3.66. The van der Waals surface area contributed by atoms with Gasteiger partial charge in [-0.3, -0.25) is 0 Å². The Morgan fingerprint density at radius 2 is 2.25 bits per heavy atom. The smallest absolute Gasteiger partial charge is 0.133 e. The minimum atomic E-state index is -0.497. The summed E-state index contributed by atoms with van der Waals surface area (Å²) in [6.45, 7) is 1.75. The second-order valence-electron chi connectivity index (χ2n) is 2.34. The van der Waals surface area contributed by atoms with Crippen molar-refractivity contribution in [2.45, 2.75) is 6.92 Å². The Hall–Kier alpha value is -1.09. The van der Waals surface area contributed by atoms with E-state index >= 15 is 0 Å². The van der Waals surface area contributed by atoms with Gasteiger partial charge in [0.05, 0.1) is 16.8 Å². The Balaban J connectivity index is 3.32. The van der Waals surface area contributed by atoms with Crippen LogP contribution in [-0.2, 0) is 0 Å². The molecule has 0 amide bonds. The summed E-state index contributed by atoms with van der Waals surface area (Å²) in [6, 6.07) is 2.84. The summed E-state index contributed by atoms with van der Waals surface area (Å²) < 4.78 is 12.9. The number of benzene rings is 1. The topological polar surface area (TPSA) is 32.6 Å². The number of rotatable bonds is 1. The molecule has 1 aromatic carbocycles. The first-order chi connectivity index (χ1) is 5.66. The Labute approximate surface area is 74.3 Å². The molecule has 0 fully saturated rings. The van der Waals surface area contributed by atoms with Crippen molar-refractivity contribution in [3.8, 4) is 0 Å². The van der Waals surface area contributed by atoms with E-state index in [2.05, 4.69) is 5.16 Å². The average Bonchev–Trinajstić information content (AvgIpc) is 2.06. The summed E-state index contributed by atoms with van der Waals surface area (Å²) in [5, 5.41) is 11.2. The standard InChI is InChI=1S/C8H7ClFNO/c1-5-2-3-7(10)6(4-11-12)8(5)9/h2-4,12H,1H3/b11-4+. The molecule has 0 saturated carbocycles. The van der Waals surface area contributed by atoms with Gasteiger partial charge in [0.25, 0.3) is 0 Å². The minimum absolute atomic E-state index is 0.110. The van der Waals surface area contributed by atoms with E-state index in [1.807, 2.05) is 0 Å². The first-order valence-electron chi connectivity index (χ1n) is 3.29. The van der Waals surface area contributed by atoms with Gasteiger partial charge in [-0.25, -0.2) is 4.39 Å². The lowest BCUT2D eigenvalue weighted by Gasteiger charge is -2.01. The van der Waals surface area contributed by atoms with Crippen molar-refractivity contribution in [3.05, 3.63) is 34.1 Å². The largest absolute Gasteiger partial charge is 0.411 e. The number of oxime groups is 1. The number of halogens is 2. The van der Waals surface area contributed by atoms with Crippen molar-refractivity contribution in [2.24, 2.45) is 5.16 Å². The molecule has 0 aliphatic carbocycles. The molecule has 0 heterocycles. The second kappa shape index (κ2) is 3.54. The van der Waals surface area contributed by atoms with Gasteiger partial charge in [0.1, 0.15) is 5.82 Å². The molecule has 0 aliphatic heterocycles. The Bertz CT molecular complexity index is 325. The van der Waals surface area contributed by atoms with Crippen molar-refractivity contribution in [1.82, 2.24) is 0 Å². The van der Waals surface area contributed by atoms with Crippen molar-refractivity contribution >= 4 is 17.8 Å². The summed E-state index contributed by atoms with van der Waals surface area (Å²) in [7, 11) is 0. The molecule has 12 heavy (non-hydrogen) atoms. The highest BCUT2D eigenvalue weighted by atomic mass is 35.5. The molecule has 0 atom stereocenters. The van der Waals surface area contributed by atoms with E-state index in [4.69, 9.17) is 16.8 Å². The molecule has 0 aliphatic rings. The molecule has 0 aromatic heterocycles. The SMILES string of the molecule is Cc1ccc(F)c(/C=N/O)c1Cl. The predicted molar refractivity (Wildman–Crippen MR) is 45.5 cm³/mol. The van der Waals surface area contributed by atoms with Gasteiger partial charge in [-0.15, -0.1) is 0 Å². The fourth-order valence-corrected chi connectivity index (χ4v) is 1.06. The summed E-state index contributed by atoms with van der Waals surface area (Å²) in [5.74, 6) is -0.497. The van der Waals surface area contributed by atoms with Gasteiger partial charge < -0.3 is 5.21 Å². The van der Waals surface area contributed by atoms with Crippen LogP contribution in [0.4, 0.5) is 4.39 Å². The Morgan fingerprint density at radius 1 is 1.58 bits per heavy atom. The van der Waals surface area contributed by atoms with Gasteiger partial charge in [-0.05, 0) is 18.6 Å². The van der Waals surface area contributed by atoms with Gasteiger partial charge >= 0.3 is 0 Å². The lowest BCUT2D eigenvalue weighted by molar-refractivity contribution is 0.321. The van der Waals surface area contributed by atoms with Crippen LogP contribution in [0.1, 0.15) is 11.1 Å². The molecule has 4 heteroatoms. The lowest BCUT2D eigenvalue weighted by Crippen LogP contribution is -1.91. The molecular formula is C8H7ClFNO. The Kier molecular flexibility index (Phi) is 2.65. The highest BCUT2D eigenvalue weighted by molar-refractivity contribution is 6.33. The summed E-state index contributed by atoms with van der Waals surface area (Å²) in [5.41, 5.74) is 0.854. The summed E-state index contributed by atoms with van der Waals surface area (Å²) >= 11 is 5.73. The maximum atomic E-state index is 12.9. The van der Waals surface area contributed by atoms with Crippen LogP contribution < -0.4 is 0 Å². The van der Waals surface area contributed by atoms with E-state index in [9.17, 15) is 4.39 Å². The molecule has 0 radical (unpaired) electrons. The molecule has 2 nitrogen and oxygen atoms in total. The molecule has 1 N–H and O–H groups in total. The minimum Gasteiger partial charge on any atom is -0.411 e.